The van der Waals surface area contributed by atoms with E-state index in [2.05, 4.69) is 10.6 Å². The van der Waals surface area contributed by atoms with Crippen LogP contribution in [0.15, 0.2) is 54.6 Å². The van der Waals surface area contributed by atoms with Crippen molar-refractivity contribution >= 4 is 23.2 Å². The summed E-state index contributed by atoms with van der Waals surface area (Å²) in [4.78, 5) is 25.2. The minimum Gasteiger partial charge on any atom is -0.322 e. The molecule has 3 aromatic rings. The summed E-state index contributed by atoms with van der Waals surface area (Å²) >= 11 is 0. The van der Waals surface area contributed by atoms with Crippen molar-refractivity contribution in [3.05, 3.63) is 93.5 Å². The quantitative estimate of drug-likeness (QED) is 0.601. The van der Waals surface area contributed by atoms with E-state index in [0.717, 1.165) is 27.8 Å². The highest BCUT2D eigenvalue weighted by Gasteiger charge is 2.11. The maximum Gasteiger partial charge on any atom is 0.255 e. The van der Waals surface area contributed by atoms with Crippen molar-refractivity contribution < 1.29 is 9.59 Å². The minimum atomic E-state index is -0.176. The van der Waals surface area contributed by atoms with Crippen molar-refractivity contribution in [2.24, 2.45) is 0 Å². The Labute approximate surface area is 172 Å². The molecule has 0 saturated carbocycles. The molecule has 3 rings (SSSR count). The molecule has 4 nitrogen and oxygen atoms in total. The third kappa shape index (κ3) is 4.91. The largest absolute Gasteiger partial charge is 0.322 e. The average Bonchev–Trinajstić information content (AvgIpc) is 2.65. The van der Waals surface area contributed by atoms with Gasteiger partial charge in [0.05, 0.1) is 0 Å². The Hall–Kier alpha value is -3.40. The molecule has 0 unspecified atom stereocenters. The van der Waals surface area contributed by atoms with Gasteiger partial charge in [0, 0.05) is 22.5 Å². The summed E-state index contributed by atoms with van der Waals surface area (Å²) < 4.78 is 0. The summed E-state index contributed by atoms with van der Waals surface area (Å²) in [5, 5.41) is 5.85. The summed E-state index contributed by atoms with van der Waals surface area (Å²) in [7, 11) is 0. The molecular formula is C25H26N2O2. The van der Waals surface area contributed by atoms with Crippen molar-refractivity contribution in [2.45, 2.75) is 34.6 Å². The molecule has 0 spiro atoms. The van der Waals surface area contributed by atoms with Gasteiger partial charge in [0.1, 0.15) is 0 Å². The molecule has 0 aliphatic carbocycles. The molecular weight excluding hydrogens is 360 g/mol. The van der Waals surface area contributed by atoms with E-state index < -0.39 is 0 Å². The van der Waals surface area contributed by atoms with Crippen LogP contribution >= 0.6 is 0 Å². The Bertz CT molecular complexity index is 1020. The van der Waals surface area contributed by atoms with Crippen molar-refractivity contribution in [3.8, 4) is 0 Å². The molecule has 4 heteroatoms. The van der Waals surface area contributed by atoms with Gasteiger partial charge in [-0.15, -0.1) is 0 Å². The van der Waals surface area contributed by atoms with Crippen LogP contribution in [0.25, 0.3) is 0 Å². The second-order valence-electron chi connectivity index (χ2n) is 7.59. The van der Waals surface area contributed by atoms with E-state index in [4.69, 9.17) is 0 Å². The lowest BCUT2D eigenvalue weighted by molar-refractivity contribution is 0.101. The number of rotatable bonds is 4. The highest BCUT2D eigenvalue weighted by Crippen LogP contribution is 2.21. The number of aryl methyl sites for hydroxylation is 5. The van der Waals surface area contributed by atoms with Crippen LogP contribution in [0.2, 0.25) is 0 Å². The molecule has 0 heterocycles. The van der Waals surface area contributed by atoms with E-state index in [1.807, 2.05) is 83.1 Å². The summed E-state index contributed by atoms with van der Waals surface area (Å²) in [6.07, 6.45) is 0. The van der Waals surface area contributed by atoms with E-state index in [0.29, 0.717) is 22.5 Å². The van der Waals surface area contributed by atoms with Crippen LogP contribution in [0.5, 0.6) is 0 Å². The van der Waals surface area contributed by atoms with Crippen LogP contribution in [-0.4, -0.2) is 11.8 Å². The Morgan fingerprint density at radius 1 is 0.552 bits per heavy atom. The maximum atomic E-state index is 12.6. The topological polar surface area (TPSA) is 58.2 Å². The number of nitrogens with one attached hydrogen (secondary N) is 2. The monoisotopic (exact) mass is 386 g/mol. The van der Waals surface area contributed by atoms with Gasteiger partial charge in [-0.25, -0.2) is 0 Å². The van der Waals surface area contributed by atoms with Crippen molar-refractivity contribution in [3.63, 3.8) is 0 Å². The Morgan fingerprint density at radius 3 is 1.34 bits per heavy atom. The molecule has 0 aliphatic heterocycles. The lowest BCUT2D eigenvalue weighted by atomic mass is 10.1. The third-order valence-electron chi connectivity index (χ3n) is 5.13. The highest BCUT2D eigenvalue weighted by molar-refractivity contribution is 6.06. The standard InChI is InChI=1S/C25H26N2O2/c1-15-10-22(26-24(28)20-8-6-16(2)18(4)12-20)14-23(11-15)27-25(29)21-9-7-17(3)19(5)13-21/h6-14H,1-5H3,(H,26,28)(H,27,29). The number of hydrogen-bond acceptors (Lipinski definition) is 2. The third-order valence-corrected chi connectivity index (χ3v) is 5.13. The molecule has 0 aliphatic rings. The first-order valence-corrected chi connectivity index (χ1v) is 9.62. The van der Waals surface area contributed by atoms with Crippen LogP contribution in [0, 0.1) is 34.6 Å². The van der Waals surface area contributed by atoms with Crippen LogP contribution in [0.1, 0.15) is 48.5 Å². The first-order chi connectivity index (χ1) is 13.7. The number of amides is 2. The van der Waals surface area contributed by atoms with E-state index >= 15 is 0 Å². The molecule has 0 saturated heterocycles. The lowest BCUT2D eigenvalue weighted by Gasteiger charge is -2.12. The zero-order chi connectivity index (χ0) is 21.1. The van der Waals surface area contributed by atoms with Gasteiger partial charge >= 0.3 is 0 Å². The molecule has 0 aromatic heterocycles. The fourth-order valence-corrected chi connectivity index (χ4v) is 3.10. The molecule has 2 amide bonds. The number of benzene rings is 3. The molecule has 2 N–H and O–H groups in total. The molecule has 0 bridgehead atoms. The first-order valence-electron chi connectivity index (χ1n) is 9.62. The molecule has 0 fully saturated rings. The Morgan fingerprint density at radius 2 is 0.966 bits per heavy atom. The second-order valence-corrected chi connectivity index (χ2v) is 7.59. The second kappa shape index (κ2) is 8.31. The van der Waals surface area contributed by atoms with Gasteiger partial charge in [0.25, 0.3) is 11.8 Å². The number of hydrogen-bond donors (Lipinski definition) is 2. The SMILES string of the molecule is Cc1cc(NC(=O)c2ccc(C)c(C)c2)cc(NC(=O)c2ccc(C)c(C)c2)c1. The smallest absolute Gasteiger partial charge is 0.255 e. The predicted molar refractivity (Wildman–Crippen MR) is 119 cm³/mol. The Kier molecular flexibility index (Phi) is 5.83. The van der Waals surface area contributed by atoms with Gasteiger partial charge in [-0.1, -0.05) is 12.1 Å². The minimum absolute atomic E-state index is 0.176. The molecule has 0 radical (unpaired) electrons. The summed E-state index contributed by atoms with van der Waals surface area (Å²) in [6, 6.07) is 16.8. The number of anilines is 2. The van der Waals surface area contributed by atoms with Crippen LogP contribution in [0.4, 0.5) is 11.4 Å². The van der Waals surface area contributed by atoms with Gasteiger partial charge in [-0.3, -0.25) is 9.59 Å². The van der Waals surface area contributed by atoms with Gasteiger partial charge in [0.15, 0.2) is 0 Å². The van der Waals surface area contributed by atoms with E-state index in [-0.39, 0.29) is 11.8 Å². The normalized spacial score (nSPS) is 10.5. The predicted octanol–water partition coefficient (Wildman–Crippen LogP) is 5.73. The number of carbonyl (C=O) groups excluding carboxylic acids is 2. The highest BCUT2D eigenvalue weighted by atomic mass is 16.2. The first kappa shape index (κ1) is 20.3. The average molecular weight is 386 g/mol. The molecule has 3 aromatic carbocycles. The van der Waals surface area contributed by atoms with E-state index in [1.165, 1.54) is 0 Å². The van der Waals surface area contributed by atoms with Crippen LogP contribution < -0.4 is 10.6 Å². The van der Waals surface area contributed by atoms with Crippen LogP contribution in [0.3, 0.4) is 0 Å². The summed E-state index contributed by atoms with van der Waals surface area (Å²) in [6.45, 7) is 9.93. The summed E-state index contributed by atoms with van der Waals surface area (Å²) in [5.41, 5.74) is 7.88. The Balaban J connectivity index is 1.78. The maximum absolute atomic E-state index is 12.6. The van der Waals surface area contributed by atoms with Gasteiger partial charge in [-0.05, 0) is 105 Å². The van der Waals surface area contributed by atoms with Crippen molar-refractivity contribution in [1.82, 2.24) is 0 Å². The zero-order valence-electron chi connectivity index (χ0n) is 17.5. The van der Waals surface area contributed by atoms with Gasteiger partial charge < -0.3 is 10.6 Å². The molecule has 29 heavy (non-hydrogen) atoms. The van der Waals surface area contributed by atoms with Gasteiger partial charge in [-0.2, -0.15) is 0 Å². The molecule has 0 atom stereocenters. The lowest BCUT2D eigenvalue weighted by Crippen LogP contribution is -2.14. The van der Waals surface area contributed by atoms with Crippen molar-refractivity contribution in [1.29, 1.82) is 0 Å². The molecule has 148 valence electrons. The zero-order valence-corrected chi connectivity index (χ0v) is 17.5. The van der Waals surface area contributed by atoms with E-state index in [1.54, 1.807) is 6.07 Å². The number of carbonyl (C=O) groups is 2. The van der Waals surface area contributed by atoms with Crippen LogP contribution in [-0.2, 0) is 0 Å². The summed E-state index contributed by atoms with van der Waals surface area (Å²) in [5.74, 6) is -0.352. The van der Waals surface area contributed by atoms with Crippen molar-refractivity contribution in [2.75, 3.05) is 10.6 Å². The van der Waals surface area contributed by atoms with Gasteiger partial charge in [0.2, 0.25) is 0 Å². The van der Waals surface area contributed by atoms with E-state index in [9.17, 15) is 9.59 Å². The fraction of sp³-hybridized carbons (Fsp3) is 0.200. The fourth-order valence-electron chi connectivity index (χ4n) is 3.10.